The summed E-state index contributed by atoms with van der Waals surface area (Å²) in [6.45, 7) is 1.20. The van der Waals surface area contributed by atoms with E-state index in [1.165, 1.54) is 18.2 Å². The summed E-state index contributed by atoms with van der Waals surface area (Å²) in [5.74, 6) is -1.27. The van der Waals surface area contributed by atoms with Gasteiger partial charge in [-0.05, 0) is 64.2 Å². The minimum Gasteiger partial charge on any atom is -0.506 e. The van der Waals surface area contributed by atoms with Crippen LogP contribution in [0.2, 0.25) is 0 Å². The van der Waals surface area contributed by atoms with E-state index in [4.69, 9.17) is 4.74 Å². The van der Waals surface area contributed by atoms with Crippen LogP contribution in [0, 0.1) is 0 Å². The van der Waals surface area contributed by atoms with Crippen molar-refractivity contribution in [3.8, 4) is 11.5 Å². The smallest absolute Gasteiger partial charge is 0.345 e. The van der Waals surface area contributed by atoms with Gasteiger partial charge in [0, 0.05) is 42.2 Å². The fraction of sp³-hybridized carbons (Fsp3) is 0.146. The topological polar surface area (TPSA) is 181 Å². The Labute approximate surface area is 298 Å². The number of aliphatic hydroxyl groups is 2. The molecule has 0 aliphatic heterocycles. The molecule has 7 N–H and O–H groups in total. The van der Waals surface area contributed by atoms with E-state index in [0.29, 0.717) is 35.4 Å². The number of carbonyl (C=O) groups is 2. The molecular weight excluding hydrogens is 662 g/mol. The van der Waals surface area contributed by atoms with Gasteiger partial charge in [-0.2, -0.15) is 0 Å². The van der Waals surface area contributed by atoms with Crippen molar-refractivity contribution in [2.75, 3.05) is 6.54 Å². The first-order chi connectivity index (χ1) is 25.1. The summed E-state index contributed by atoms with van der Waals surface area (Å²) in [7, 11) is 0. The monoisotopic (exact) mass is 699 g/mol. The van der Waals surface area contributed by atoms with Gasteiger partial charge in [-0.25, -0.2) is 4.79 Å². The van der Waals surface area contributed by atoms with Crippen molar-refractivity contribution >= 4 is 22.8 Å². The molecule has 0 unspecified atom stereocenters. The molecule has 0 saturated heterocycles. The molecule has 6 aromatic rings. The maximum Gasteiger partial charge on any atom is 0.345 e. The predicted octanol–water partition coefficient (Wildman–Crippen LogP) is 4.89. The Bertz CT molecular complexity index is 2240. The third-order valence-corrected chi connectivity index (χ3v) is 8.78. The highest BCUT2D eigenvalue weighted by Crippen LogP contribution is 2.32. The second-order valence-electron chi connectivity index (χ2n) is 12.3. The molecule has 1 aromatic heterocycles. The number of nitrogens with one attached hydrogen (secondary N) is 3. The Morgan fingerprint density at radius 2 is 1.44 bits per heavy atom. The highest BCUT2D eigenvalue weighted by Gasteiger charge is 2.40. The second kappa shape index (κ2) is 15.7. The zero-order valence-electron chi connectivity index (χ0n) is 28.0. The fourth-order valence-electron chi connectivity index (χ4n) is 5.89. The van der Waals surface area contributed by atoms with E-state index in [9.17, 15) is 34.8 Å². The lowest BCUT2D eigenvalue weighted by molar-refractivity contribution is -0.155. The number of carboxylic acids is 1. The number of fused-ring (bicyclic) bond motifs is 1. The number of H-pyrrole nitrogens is 1. The van der Waals surface area contributed by atoms with Gasteiger partial charge in [0.25, 0.3) is 5.91 Å². The Morgan fingerprint density at radius 3 is 2.17 bits per heavy atom. The highest BCUT2D eigenvalue weighted by molar-refractivity contribution is 5.94. The lowest BCUT2D eigenvalue weighted by atomic mass is 9.86. The standard InChI is InChI=1S/C41H37N3O8/c45-35-19-17-33(34-18-20-37(47)44-38(34)35)36(46)24-42-22-26-13-15-29(16-14-26)39(48)43-23-27-9-11-28(12-10-27)25-52-32-8-4-7-31(21-32)41(51,40(49)50)30-5-2-1-3-6-30/h1-21,36,42,45-46,51H,22-25H2,(H,43,48)(H,44,47)(H,49,50)/t36-,41-/m0/s1. The van der Waals surface area contributed by atoms with E-state index in [2.05, 4.69) is 15.6 Å². The molecule has 264 valence electrons. The van der Waals surface area contributed by atoms with Gasteiger partial charge < -0.3 is 40.8 Å². The van der Waals surface area contributed by atoms with Gasteiger partial charge in [-0.15, -0.1) is 0 Å². The van der Waals surface area contributed by atoms with Crippen LogP contribution >= 0.6 is 0 Å². The molecule has 0 spiro atoms. The van der Waals surface area contributed by atoms with Crippen LogP contribution in [0.15, 0.2) is 132 Å². The molecule has 5 aromatic carbocycles. The normalized spacial score (nSPS) is 12.9. The van der Waals surface area contributed by atoms with Crippen molar-refractivity contribution < 1.29 is 34.8 Å². The molecule has 2 atom stereocenters. The van der Waals surface area contributed by atoms with Gasteiger partial charge >= 0.3 is 5.97 Å². The summed E-state index contributed by atoms with van der Waals surface area (Å²) >= 11 is 0. The van der Waals surface area contributed by atoms with Gasteiger partial charge in [-0.3, -0.25) is 9.59 Å². The minimum absolute atomic E-state index is 0.0685. The van der Waals surface area contributed by atoms with Crippen molar-refractivity contribution in [2.45, 2.75) is 31.4 Å². The molecule has 0 aliphatic carbocycles. The number of phenols is 1. The number of amides is 1. The number of rotatable bonds is 14. The first kappa shape index (κ1) is 35.6. The van der Waals surface area contributed by atoms with Crippen molar-refractivity contribution in [1.29, 1.82) is 0 Å². The number of aliphatic carboxylic acids is 1. The van der Waals surface area contributed by atoms with Crippen LogP contribution < -0.4 is 20.9 Å². The minimum atomic E-state index is -2.23. The molecule has 1 heterocycles. The lowest BCUT2D eigenvalue weighted by Gasteiger charge is -2.25. The van der Waals surface area contributed by atoms with Crippen molar-refractivity contribution in [2.24, 2.45) is 0 Å². The van der Waals surface area contributed by atoms with E-state index >= 15 is 0 Å². The average Bonchev–Trinajstić information content (AvgIpc) is 3.17. The van der Waals surface area contributed by atoms with Crippen LogP contribution in [0.1, 0.15) is 49.8 Å². The number of benzene rings is 5. The van der Waals surface area contributed by atoms with Crippen LogP contribution in [-0.2, 0) is 30.1 Å². The maximum atomic E-state index is 12.8. The maximum absolute atomic E-state index is 12.8. The third kappa shape index (κ3) is 8.03. The number of aromatic amines is 1. The Balaban J connectivity index is 0.969. The summed E-state index contributed by atoms with van der Waals surface area (Å²) in [5.41, 5.74) is 1.87. The molecule has 52 heavy (non-hydrogen) atoms. The molecule has 0 radical (unpaired) electrons. The summed E-state index contributed by atoms with van der Waals surface area (Å²) in [5, 5.41) is 48.6. The Hall–Kier alpha value is -6.27. The second-order valence-corrected chi connectivity index (χ2v) is 12.3. The van der Waals surface area contributed by atoms with Crippen molar-refractivity contribution in [3.05, 3.63) is 177 Å². The van der Waals surface area contributed by atoms with E-state index in [1.807, 2.05) is 36.4 Å². The highest BCUT2D eigenvalue weighted by atomic mass is 16.5. The summed E-state index contributed by atoms with van der Waals surface area (Å²) < 4.78 is 5.92. The first-order valence-corrected chi connectivity index (χ1v) is 16.5. The van der Waals surface area contributed by atoms with Crippen molar-refractivity contribution in [3.63, 3.8) is 0 Å². The number of pyridine rings is 1. The first-order valence-electron chi connectivity index (χ1n) is 16.5. The molecule has 1 amide bonds. The number of aromatic hydroxyl groups is 1. The summed E-state index contributed by atoms with van der Waals surface area (Å²) in [6.07, 6.45) is -0.883. The number of ether oxygens (including phenoxy) is 1. The van der Waals surface area contributed by atoms with E-state index in [-0.39, 0.29) is 47.0 Å². The average molecular weight is 700 g/mol. The van der Waals surface area contributed by atoms with E-state index in [0.717, 1.165) is 16.7 Å². The van der Waals surface area contributed by atoms with Crippen LogP contribution in [0.5, 0.6) is 11.5 Å². The van der Waals surface area contributed by atoms with Crippen molar-refractivity contribution in [1.82, 2.24) is 15.6 Å². The number of carboxylic acid groups (broad SMARTS) is 1. The molecule has 0 bridgehead atoms. The molecule has 11 heteroatoms. The van der Waals surface area contributed by atoms with Crippen LogP contribution in [-0.4, -0.2) is 43.8 Å². The van der Waals surface area contributed by atoms with Gasteiger partial charge in [0.15, 0.2) is 0 Å². The molecular formula is C41H37N3O8. The molecule has 11 nitrogen and oxygen atoms in total. The third-order valence-electron chi connectivity index (χ3n) is 8.78. The number of hydrogen-bond acceptors (Lipinski definition) is 8. The number of aliphatic hydroxyl groups excluding tert-OH is 1. The zero-order valence-corrected chi connectivity index (χ0v) is 28.0. The number of carbonyl (C=O) groups excluding carboxylic acids is 1. The zero-order chi connectivity index (χ0) is 36.7. The fourth-order valence-corrected chi connectivity index (χ4v) is 5.89. The van der Waals surface area contributed by atoms with Gasteiger partial charge in [0.1, 0.15) is 18.1 Å². The summed E-state index contributed by atoms with van der Waals surface area (Å²) in [6, 6.07) is 35.3. The van der Waals surface area contributed by atoms with Gasteiger partial charge in [0.2, 0.25) is 11.2 Å². The van der Waals surface area contributed by atoms with Crippen LogP contribution in [0.4, 0.5) is 0 Å². The van der Waals surface area contributed by atoms with Gasteiger partial charge in [0.05, 0.1) is 11.6 Å². The lowest BCUT2D eigenvalue weighted by Crippen LogP contribution is -2.36. The van der Waals surface area contributed by atoms with E-state index < -0.39 is 17.7 Å². The largest absolute Gasteiger partial charge is 0.506 e. The predicted molar refractivity (Wildman–Crippen MR) is 195 cm³/mol. The molecule has 0 saturated carbocycles. The quantitative estimate of drug-likeness (QED) is 0.0833. The molecule has 0 fully saturated rings. The van der Waals surface area contributed by atoms with Gasteiger partial charge in [-0.1, -0.05) is 84.9 Å². The molecule has 6 rings (SSSR count). The SMILES string of the molecule is O=C(NCc1ccc(COc2cccc([C@](O)(C(=O)O)c3ccccc3)c2)cc1)c1ccc(CNC[C@H](O)c2ccc(O)c3[nH]c(=O)ccc23)cc1. The molecule has 0 aliphatic rings. The van der Waals surface area contributed by atoms with Crippen LogP contribution in [0.3, 0.4) is 0 Å². The summed E-state index contributed by atoms with van der Waals surface area (Å²) in [4.78, 5) is 39.2. The number of hydrogen-bond donors (Lipinski definition) is 7. The number of aromatic nitrogens is 1. The Kier molecular flexibility index (Phi) is 10.8. The number of phenolic OH excluding ortho intramolecular Hbond substituents is 1. The Morgan fingerprint density at radius 1 is 0.769 bits per heavy atom. The van der Waals surface area contributed by atoms with E-state index in [1.54, 1.807) is 72.8 Å². The van der Waals surface area contributed by atoms with Crippen LogP contribution in [0.25, 0.3) is 10.9 Å².